The molecule has 7 nitrogen and oxygen atoms in total. The van der Waals surface area contributed by atoms with E-state index < -0.39 is 0 Å². The lowest BCUT2D eigenvalue weighted by molar-refractivity contribution is -0.117. The molecule has 0 unspecified atom stereocenters. The highest BCUT2D eigenvalue weighted by molar-refractivity contribution is 7.99. The van der Waals surface area contributed by atoms with Gasteiger partial charge in [0, 0.05) is 20.6 Å². The van der Waals surface area contributed by atoms with Crippen molar-refractivity contribution in [2.75, 3.05) is 26.2 Å². The van der Waals surface area contributed by atoms with E-state index in [0.717, 1.165) is 12.0 Å². The van der Waals surface area contributed by atoms with Crippen LogP contribution >= 0.6 is 23.5 Å². The zero-order valence-electron chi connectivity index (χ0n) is 16.2. The highest BCUT2D eigenvalue weighted by atomic mass is 32.2. The maximum atomic E-state index is 12.5. The monoisotopic (exact) mass is 407 g/mol. The highest BCUT2D eigenvalue weighted by Gasteiger charge is 2.28. The summed E-state index contributed by atoms with van der Waals surface area (Å²) in [5.74, 6) is 0.963. The number of aromatic nitrogens is 3. The zero-order valence-corrected chi connectivity index (χ0v) is 17.9. The standard InChI is InChI=1S/C18H25N5O2S2/c1-18(2,26-5)15-19-16(23(20-15)17(25)21(3)4)27-13-22(12-24)11-14-9-7-6-8-10-14/h6-10,12H,11,13H2,1-5H3. The molecule has 27 heavy (non-hydrogen) atoms. The molecule has 2 rings (SSSR count). The second-order valence-electron chi connectivity index (χ2n) is 6.63. The maximum Gasteiger partial charge on any atom is 0.346 e. The number of carbonyl (C=O) groups is 2. The van der Waals surface area contributed by atoms with Gasteiger partial charge in [0.1, 0.15) is 0 Å². The van der Waals surface area contributed by atoms with Crippen molar-refractivity contribution in [3.8, 4) is 0 Å². The third-order valence-electron chi connectivity index (χ3n) is 3.93. The van der Waals surface area contributed by atoms with Gasteiger partial charge in [0.2, 0.25) is 6.41 Å². The molecule has 0 atom stereocenters. The fourth-order valence-electron chi connectivity index (χ4n) is 2.12. The molecule has 0 aliphatic rings. The van der Waals surface area contributed by atoms with Gasteiger partial charge in [0.25, 0.3) is 0 Å². The Bertz CT molecular complexity index is 777. The molecule has 0 fully saturated rings. The first-order valence-corrected chi connectivity index (χ1v) is 10.6. The van der Waals surface area contributed by atoms with Crippen LogP contribution < -0.4 is 0 Å². The molecule has 1 heterocycles. The van der Waals surface area contributed by atoms with Crippen LogP contribution in [-0.4, -0.2) is 63.2 Å². The van der Waals surface area contributed by atoms with E-state index in [1.165, 1.54) is 21.3 Å². The number of carbonyl (C=O) groups excluding carboxylic acids is 2. The minimum absolute atomic E-state index is 0.270. The topological polar surface area (TPSA) is 71.3 Å². The van der Waals surface area contributed by atoms with Crippen LogP contribution in [0, 0.1) is 0 Å². The first-order chi connectivity index (χ1) is 12.8. The van der Waals surface area contributed by atoms with Crippen LogP contribution in [0.4, 0.5) is 4.79 Å². The smallest absolute Gasteiger partial charge is 0.331 e. The fourth-order valence-corrected chi connectivity index (χ4v) is 3.22. The normalized spacial score (nSPS) is 11.3. The highest BCUT2D eigenvalue weighted by Crippen LogP contribution is 2.32. The van der Waals surface area contributed by atoms with Gasteiger partial charge in [-0.3, -0.25) is 4.79 Å². The van der Waals surface area contributed by atoms with E-state index in [4.69, 9.17) is 0 Å². The molecule has 0 N–H and O–H groups in total. The molecule has 0 radical (unpaired) electrons. The number of thioether (sulfide) groups is 2. The van der Waals surface area contributed by atoms with E-state index in [2.05, 4.69) is 10.1 Å². The van der Waals surface area contributed by atoms with Crippen molar-refractivity contribution >= 4 is 36.0 Å². The average molecular weight is 408 g/mol. The van der Waals surface area contributed by atoms with E-state index in [0.29, 0.717) is 23.4 Å². The third kappa shape index (κ3) is 5.49. The van der Waals surface area contributed by atoms with Crippen molar-refractivity contribution in [1.29, 1.82) is 0 Å². The third-order valence-corrected chi connectivity index (χ3v) is 6.11. The molecular weight excluding hydrogens is 382 g/mol. The fraction of sp³-hybridized carbons (Fsp3) is 0.444. The van der Waals surface area contributed by atoms with E-state index in [1.54, 1.807) is 30.8 Å². The summed E-state index contributed by atoms with van der Waals surface area (Å²) in [7, 11) is 3.34. The van der Waals surface area contributed by atoms with Gasteiger partial charge in [0.05, 0.1) is 10.6 Å². The van der Waals surface area contributed by atoms with Gasteiger partial charge in [-0.05, 0) is 25.7 Å². The molecule has 2 aromatic rings. The molecule has 0 saturated carbocycles. The zero-order chi connectivity index (χ0) is 20.0. The molecule has 0 spiro atoms. The second kappa shape index (κ2) is 9.27. The molecule has 146 valence electrons. The Labute approximate surface area is 168 Å². The predicted octanol–water partition coefficient (Wildman–Crippen LogP) is 3.11. The number of hydrogen-bond donors (Lipinski definition) is 0. The lowest BCUT2D eigenvalue weighted by Gasteiger charge is -2.17. The Morgan fingerprint density at radius 1 is 1.26 bits per heavy atom. The molecule has 2 amide bonds. The minimum Gasteiger partial charge on any atom is -0.331 e. The van der Waals surface area contributed by atoms with Gasteiger partial charge >= 0.3 is 6.03 Å². The number of benzene rings is 1. The largest absolute Gasteiger partial charge is 0.346 e. The lowest BCUT2D eigenvalue weighted by Crippen LogP contribution is -2.29. The molecule has 0 aliphatic carbocycles. The molecule has 0 bridgehead atoms. The number of hydrogen-bond acceptors (Lipinski definition) is 6. The van der Waals surface area contributed by atoms with Crippen molar-refractivity contribution in [3.63, 3.8) is 0 Å². The Kier molecular flexibility index (Phi) is 7.32. The predicted molar refractivity (Wildman–Crippen MR) is 110 cm³/mol. The van der Waals surface area contributed by atoms with E-state index in [9.17, 15) is 9.59 Å². The Hall–Kier alpha value is -2.00. The van der Waals surface area contributed by atoms with Gasteiger partial charge in [-0.25, -0.2) is 9.78 Å². The molecule has 0 saturated heterocycles. The van der Waals surface area contributed by atoms with Gasteiger partial charge < -0.3 is 9.80 Å². The van der Waals surface area contributed by atoms with Gasteiger partial charge in [0.15, 0.2) is 11.0 Å². The summed E-state index contributed by atoms with van der Waals surface area (Å²) in [6.07, 6.45) is 2.79. The number of amides is 2. The van der Waals surface area contributed by atoms with Crippen LogP contribution in [0.2, 0.25) is 0 Å². The van der Waals surface area contributed by atoms with Crippen LogP contribution in [-0.2, 0) is 16.1 Å². The first kappa shape index (κ1) is 21.3. The van der Waals surface area contributed by atoms with Gasteiger partial charge in [-0.2, -0.15) is 16.4 Å². The summed E-state index contributed by atoms with van der Waals surface area (Å²) in [4.78, 5) is 31.6. The quantitative estimate of drug-likeness (QED) is 0.380. The molecular formula is C18H25N5O2S2. The van der Waals surface area contributed by atoms with Crippen LogP contribution in [0.3, 0.4) is 0 Å². The summed E-state index contributed by atoms with van der Waals surface area (Å²) < 4.78 is 0.991. The molecule has 1 aromatic carbocycles. The van der Waals surface area contributed by atoms with Gasteiger partial charge in [-0.1, -0.05) is 42.1 Å². The van der Waals surface area contributed by atoms with Crippen molar-refractivity contribution in [1.82, 2.24) is 24.6 Å². The molecule has 0 aliphatic heterocycles. The van der Waals surface area contributed by atoms with Gasteiger partial charge in [-0.15, -0.1) is 5.10 Å². The van der Waals surface area contributed by atoms with Crippen molar-refractivity contribution in [3.05, 3.63) is 41.7 Å². The van der Waals surface area contributed by atoms with Crippen molar-refractivity contribution < 1.29 is 9.59 Å². The Balaban J connectivity index is 2.20. The second-order valence-corrected chi connectivity index (χ2v) is 8.97. The van der Waals surface area contributed by atoms with Crippen molar-refractivity contribution in [2.24, 2.45) is 0 Å². The van der Waals surface area contributed by atoms with Crippen LogP contribution in [0.1, 0.15) is 25.2 Å². The SMILES string of the molecule is CSC(C)(C)c1nc(SCN(C=O)Cc2ccccc2)n(C(=O)N(C)C)n1. The first-order valence-electron chi connectivity index (χ1n) is 8.39. The van der Waals surface area contributed by atoms with E-state index in [1.807, 2.05) is 50.4 Å². The van der Waals surface area contributed by atoms with Crippen LogP contribution in [0.15, 0.2) is 35.5 Å². The molecule has 9 heteroatoms. The van der Waals surface area contributed by atoms with E-state index >= 15 is 0 Å². The minimum atomic E-state index is -0.318. The average Bonchev–Trinajstić information content (AvgIpc) is 3.10. The van der Waals surface area contributed by atoms with Crippen molar-refractivity contribution in [2.45, 2.75) is 30.3 Å². The summed E-state index contributed by atoms with van der Waals surface area (Å²) in [5.41, 5.74) is 1.04. The summed E-state index contributed by atoms with van der Waals surface area (Å²) in [5, 5.41) is 4.91. The lowest BCUT2D eigenvalue weighted by atomic mass is 10.2. The Morgan fingerprint density at radius 3 is 2.48 bits per heavy atom. The Morgan fingerprint density at radius 2 is 1.93 bits per heavy atom. The van der Waals surface area contributed by atoms with E-state index in [-0.39, 0.29) is 10.8 Å². The molecule has 1 aromatic heterocycles. The number of rotatable bonds is 8. The van der Waals surface area contributed by atoms with Crippen LogP contribution in [0.5, 0.6) is 0 Å². The summed E-state index contributed by atoms with van der Waals surface area (Å²) in [6, 6.07) is 9.49. The maximum absolute atomic E-state index is 12.5. The number of nitrogens with zero attached hydrogens (tertiary/aromatic N) is 5. The van der Waals surface area contributed by atoms with Crippen LogP contribution in [0.25, 0.3) is 0 Å². The summed E-state index contributed by atoms with van der Waals surface area (Å²) in [6.45, 7) is 4.52. The summed E-state index contributed by atoms with van der Waals surface area (Å²) >= 11 is 2.93.